The van der Waals surface area contributed by atoms with Gasteiger partial charge in [0.1, 0.15) is 5.75 Å². The highest BCUT2D eigenvalue weighted by molar-refractivity contribution is 7.22. The van der Waals surface area contributed by atoms with Gasteiger partial charge in [-0.05, 0) is 18.2 Å². The number of aromatic nitrogens is 3. The maximum Gasteiger partial charge on any atom is 0.328 e. The van der Waals surface area contributed by atoms with Gasteiger partial charge in [0.05, 0.1) is 30.5 Å². The molecule has 2 heterocycles. The van der Waals surface area contributed by atoms with E-state index in [1.807, 2.05) is 42.5 Å². The van der Waals surface area contributed by atoms with Crippen molar-refractivity contribution >= 4 is 26.7 Å². The number of nitrogens with zero attached hydrogens (tertiary/aromatic N) is 3. The van der Waals surface area contributed by atoms with Gasteiger partial charge in [-0.3, -0.25) is 0 Å². The summed E-state index contributed by atoms with van der Waals surface area (Å²) in [6.07, 6.45) is 0. The number of benzene rings is 2. The van der Waals surface area contributed by atoms with Crippen LogP contribution in [-0.2, 0) is 6.54 Å². The van der Waals surface area contributed by atoms with Crippen molar-refractivity contribution in [3.8, 4) is 23.5 Å². The largest absolute Gasteiger partial charge is 0.481 e. The third-order valence-corrected chi connectivity index (χ3v) is 4.97. The Hall–Kier alpha value is -3.39. The minimum absolute atomic E-state index is 0.156. The molecule has 0 saturated carbocycles. The molecule has 0 spiro atoms. The fourth-order valence-corrected chi connectivity index (χ4v) is 3.47. The molecule has 2 aromatic carbocycles. The first-order valence-corrected chi connectivity index (χ1v) is 9.39. The average molecular weight is 394 g/mol. The number of fused-ring (bicyclic) bond motifs is 1. The van der Waals surface area contributed by atoms with Crippen LogP contribution in [0.2, 0.25) is 0 Å². The summed E-state index contributed by atoms with van der Waals surface area (Å²) < 4.78 is 17.4. The van der Waals surface area contributed by atoms with Gasteiger partial charge in [0, 0.05) is 12.1 Å². The number of methoxy groups -OCH3 is 2. The monoisotopic (exact) mass is 394 g/mol. The molecule has 4 rings (SSSR count). The molecule has 0 radical (unpaired) electrons. The summed E-state index contributed by atoms with van der Waals surface area (Å²) in [5.74, 6) is 1.38. The van der Waals surface area contributed by atoms with Crippen molar-refractivity contribution in [1.82, 2.24) is 15.0 Å². The standard InChI is InChI=1S/C20H18N4O3S/c1-25-17-11-18(26-2)24-19(23-17)27-15-9-5-3-7-13(15)12-21-20-22-14-8-4-6-10-16(14)28-20/h3-11H,12H2,1-2H3,(H,21,22). The van der Waals surface area contributed by atoms with Crippen LogP contribution in [0.4, 0.5) is 5.13 Å². The Balaban J connectivity index is 1.53. The summed E-state index contributed by atoms with van der Waals surface area (Å²) in [6, 6.07) is 17.5. The first-order valence-electron chi connectivity index (χ1n) is 8.57. The fraction of sp³-hybridized carbons (Fsp3) is 0.150. The van der Waals surface area contributed by atoms with Crippen LogP contribution in [0.3, 0.4) is 0 Å². The van der Waals surface area contributed by atoms with Crippen LogP contribution in [0.25, 0.3) is 10.2 Å². The van der Waals surface area contributed by atoms with E-state index in [0.29, 0.717) is 24.1 Å². The van der Waals surface area contributed by atoms with Crippen molar-refractivity contribution in [3.05, 3.63) is 60.2 Å². The highest BCUT2D eigenvalue weighted by atomic mass is 32.1. The molecule has 142 valence electrons. The summed E-state index contributed by atoms with van der Waals surface area (Å²) in [6.45, 7) is 0.553. The molecule has 0 aliphatic heterocycles. The Labute approximate surface area is 166 Å². The Morgan fingerprint density at radius 1 is 0.893 bits per heavy atom. The van der Waals surface area contributed by atoms with E-state index >= 15 is 0 Å². The lowest BCUT2D eigenvalue weighted by molar-refractivity contribution is 0.347. The molecule has 0 aliphatic carbocycles. The quantitative estimate of drug-likeness (QED) is 0.494. The van der Waals surface area contributed by atoms with Crippen LogP contribution < -0.4 is 19.5 Å². The van der Waals surface area contributed by atoms with Crippen LogP contribution >= 0.6 is 11.3 Å². The fourth-order valence-electron chi connectivity index (χ4n) is 2.60. The first-order chi connectivity index (χ1) is 13.7. The molecule has 0 atom stereocenters. The van der Waals surface area contributed by atoms with Gasteiger partial charge in [-0.2, -0.15) is 9.97 Å². The second kappa shape index (κ2) is 8.10. The van der Waals surface area contributed by atoms with Gasteiger partial charge in [-0.1, -0.05) is 41.7 Å². The third-order valence-electron chi connectivity index (χ3n) is 3.97. The second-order valence-electron chi connectivity index (χ2n) is 5.79. The summed E-state index contributed by atoms with van der Waals surface area (Å²) in [4.78, 5) is 13.0. The normalized spacial score (nSPS) is 10.6. The number of nitrogens with one attached hydrogen (secondary N) is 1. The lowest BCUT2D eigenvalue weighted by Crippen LogP contribution is -2.03. The van der Waals surface area contributed by atoms with Crippen molar-refractivity contribution in [2.24, 2.45) is 0 Å². The molecule has 28 heavy (non-hydrogen) atoms. The van der Waals surface area contributed by atoms with Gasteiger partial charge in [-0.15, -0.1) is 0 Å². The zero-order valence-electron chi connectivity index (χ0n) is 15.4. The van der Waals surface area contributed by atoms with Crippen molar-refractivity contribution < 1.29 is 14.2 Å². The molecule has 0 bridgehead atoms. The van der Waals surface area contributed by atoms with Crippen molar-refractivity contribution in [2.75, 3.05) is 19.5 Å². The van der Waals surface area contributed by atoms with E-state index in [1.54, 1.807) is 17.4 Å². The predicted octanol–water partition coefficient (Wildman–Crippen LogP) is 4.51. The number of anilines is 1. The van der Waals surface area contributed by atoms with Crippen LogP contribution in [-0.4, -0.2) is 29.2 Å². The Morgan fingerprint density at radius 2 is 1.61 bits per heavy atom. The molecule has 7 nitrogen and oxygen atoms in total. The number of para-hydroxylation sites is 2. The van der Waals surface area contributed by atoms with Gasteiger partial charge in [0.25, 0.3) is 0 Å². The summed E-state index contributed by atoms with van der Waals surface area (Å²) in [5, 5.41) is 4.22. The smallest absolute Gasteiger partial charge is 0.328 e. The maximum atomic E-state index is 5.90. The number of ether oxygens (including phenoxy) is 3. The molecule has 0 unspecified atom stereocenters. The lowest BCUT2D eigenvalue weighted by atomic mass is 10.2. The number of thiazole rings is 1. The van der Waals surface area contributed by atoms with Crippen molar-refractivity contribution in [2.45, 2.75) is 6.54 Å². The van der Waals surface area contributed by atoms with Crippen LogP contribution in [0.5, 0.6) is 23.5 Å². The summed E-state index contributed by atoms with van der Waals surface area (Å²) >= 11 is 1.62. The van der Waals surface area contributed by atoms with Crippen molar-refractivity contribution in [3.63, 3.8) is 0 Å². The van der Waals surface area contributed by atoms with Crippen molar-refractivity contribution in [1.29, 1.82) is 0 Å². The maximum absolute atomic E-state index is 5.90. The van der Waals surface area contributed by atoms with E-state index in [2.05, 4.69) is 26.3 Å². The minimum atomic E-state index is 0.156. The summed E-state index contributed by atoms with van der Waals surface area (Å²) in [7, 11) is 3.06. The number of hydrogen-bond acceptors (Lipinski definition) is 8. The van der Waals surface area contributed by atoms with E-state index in [0.717, 1.165) is 20.9 Å². The molecule has 0 aliphatic rings. The van der Waals surface area contributed by atoms with Crippen LogP contribution in [0.15, 0.2) is 54.6 Å². The van der Waals surface area contributed by atoms with Gasteiger partial charge in [0.15, 0.2) is 5.13 Å². The summed E-state index contributed by atoms with van der Waals surface area (Å²) in [5.41, 5.74) is 1.93. The Morgan fingerprint density at radius 3 is 2.36 bits per heavy atom. The van der Waals surface area contributed by atoms with E-state index in [1.165, 1.54) is 14.2 Å². The van der Waals surface area contributed by atoms with Gasteiger partial charge < -0.3 is 19.5 Å². The zero-order valence-corrected chi connectivity index (χ0v) is 16.2. The minimum Gasteiger partial charge on any atom is -0.481 e. The Kier molecular flexibility index (Phi) is 5.20. The third kappa shape index (κ3) is 3.96. The molecule has 4 aromatic rings. The van der Waals surface area contributed by atoms with E-state index in [4.69, 9.17) is 14.2 Å². The average Bonchev–Trinajstić information content (AvgIpc) is 3.16. The van der Waals surface area contributed by atoms with Gasteiger partial charge in [0.2, 0.25) is 11.8 Å². The molecule has 0 amide bonds. The molecular formula is C20H18N4O3S. The highest BCUT2D eigenvalue weighted by Gasteiger charge is 2.11. The molecule has 8 heteroatoms. The van der Waals surface area contributed by atoms with E-state index in [-0.39, 0.29) is 6.01 Å². The zero-order chi connectivity index (χ0) is 19.3. The van der Waals surface area contributed by atoms with E-state index in [9.17, 15) is 0 Å². The number of rotatable bonds is 7. The SMILES string of the molecule is COc1cc(OC)nc(Oc2ccccc2CNc2nc3ccccc3s2)n1. The molecule has 2 aromatic heterocycles. The first kappa shape index (κ1) is 18.0. The Bertz CT molecular complexity index is 1040. The predicted molar refractivity (Wildman–Crippen MR) is 109 cm³/mol. The number of hydrogen-bond donors (Lipinski definition) is 1. The highest BCUT2D eigenvalue weighted by Crippen LogP contribution is 2.29. The van der Waals surface area contributed by atoms with Gasteiger partial charge in [-0.25, -0.2) is 4.98 Å². The molecular weight excluding hydrogens is 376 g/mol. The molecule has 0 saturated heterocycles. The van der Waals surface area contributed by atoms with E-state index < -0.39 is 0 Å². The second-order valence-corrected chi connectivity index (χ2v) is 6.82. The molecule has 1 N–H and O–H groups in total. The lowest BCUT2D eigenvalue weighted by Gasteiger charge is -2.11. The van der Waals surface area contributed by atoms with Gasteiger partial charge >= 0.3 is 6.01 Å². The van der Waals surface area contributed by atoms with Crippen LogP contribution in [0, 0.1) is 0 Å². The van der Waals surface area contributed by atoms with Crippen LogP contribution in [0.1, 0.15) is 5.56 Å². The molecule has 0 fully saturated rings. The topological polar surface area (TPSA) is 78.4 Å².